The van der Waals surface area contributed by atoms with E-state index >= 15 is 0 Å². The standard InChI is InChI=1S/C13H14BrN3O2S/c1-9-2-3-10(7-15)6-13(9)20(18,19)17-12-4-5-16-8-11(12)14/h2-6,8H,7,15H2,1H3,(H,16,17). The Balaban J connectivity index is 2.43. The number of halogens is 1. The molecule has 7 heteroatoms. The van der Waals surface area contributed by atoms with E-state index in [1.54, 1.807) is 25.1 Å². The van der Waals surface area contributed by atoms with Gasteiger partial charge >= 0.3 is 0 Å². The van der Waals surface area contributed by atoms with Crippen molar-refractivity contribution in [2.75, 3.05) is 4.72 Å². The molecule has 0 saturated heterocycles. The van der Waals surface area contributed by atoms with E-state index < -0.39 is 10.0 Å². The lowest BCUT2D eigenvalue weighted by molar-refractivity contribution is 0.600. The molecule has 106 valence electrons. The topological polar surface area (TPSA) is 85.1 Å². The van der Waals surface area contributed by atoms with Crippen LogP contribution in [-0.4, -0.2) is 13.4 Å². The maximum absolute atomic E-state index is 12.4. The first-order valence-electron chi connectivity index (χ1n) is 5.86. The van der Waals surface area contributed by atoms with Gasteiger partial charge < -0.3 is 5.73 Å². The molecule has 0 aliphatic heterocycles. The molecule has 1 aromatic carbocycles. The predicted molar refractivity (Wildman–Crippen MR) is 81.8 cm³/mol. The van der Waals surface area contributed by atoms with Crippen LogP contribution in [0.15, 0.2) is 46.0 Å². The van der Waals surface area contributed by atoms with Crippen LogP contribution in [0.1, 0.15) is 11.1 Å². The first-order valence-corrected chi connectivity index (χ1v) is 8.13. The number of benzene rings is 1. The number of nitrogens with two attached hydrogens (primary N) is 1. The number of aromatic nitrogens is 1. The minimum absolute atomic E-state index is 0.226. The highest BCUT2D eigenvalue weighted by atomic mass is 79.9. The molecule has 0 aliphatic rings. The van der Waals surface area contributed by atoms with E-state index in [9.17, 15) is 8.42 Å². The van der Waals surface area contributed by atoms with E-state index in [0.29, 0.717) is 22.3 Å². The van der Waals surface area contributed by atoms with Crippen molar-refractivity contribution in [3.8, 4) is 0 Å². The van der Waals surface area contributed by atoms with Crippen LogP contribution in [0, 0.1) is 6.92 Å². The van der Waals surface area contributed by atoms with Crippen molar-refractivity contribution in [3.63, 3.8) is 0 Å². The normalized spacial score (nSPS) is 11.3. The van der Waals surface area contributed by atoms with Gasteiger partial charge in [0.25, 0.3) is 10.0 Å². The number of aryl methyl sites for hydroxylation is 1. The number of hydrogen-bond donors (Lipinski definition) is 2. The van der Waals surface area contributed by atoms with Crippen molar-refractivity contribution < 1.29 is 8.42 Å². The van der Waals surface area contributed by atoms with Gasteiger partial charge in [-0.2, -0.15) is 0 Å². The zero-order valence-corrected chi connectivity index (χ0v) is 13.2. The van der Waals surface area contributed by atoms with Gasteiger partial charge in [-0.15, -0.1) is 0 Å². The molecule has 5 nitrogen and oxygen atoms in total. The number of rotatable bonds is 4. The van der Waals surface area contributed by atoms with E-state index in [1.165, 1.54) is 12.4 Å². The van der Waals surface area contributed by atoms with Crippen LogP contribution in [0.2, 0.25) is 0 Å². The highest BCUT2D eigenvalue weighted by Gasteiger charge is 2.18. The van der Waals surface area contributed by atoms with Crippen LogP contribution in [0.5, 0.6) is 0 Å². The molecule has 0 amide bonds. The molecule has 0 unspecified atom stereocenters. The van der Waals surface area contributed by atoms with Crippen molar-refractivity contribution in [3.05, 3.63) is 52.3 Å². The summed E-state index contributed by atoms with van der Waals surface area (Å²) in [5, 5.41) is 0. The number of hydrogen-bond acceptors (Lipinski definition) is 4. The molecule has 0 radical (unpaired) electrons. The Morgan fingerprint density at radius 2 is 2.10 bits per heavy atom. The minimum Gasteiger partial charge on any atom is -0.326 e. The van der Waals surface area contributed by atoms with Gasteiger partial charge in [0.1, 0.15) is 0 Å². The van der Waals surface area contributed by atoms with Crippen molar-refractivity contribution in [2.24, 2.45) is 5.73 Å². The Kier molecular flexibility index (Phi) is 4.42. The van der Waals surface area contributed by atoms with Crippen LogP contribution < -0.4 is 10.5 Å². The molecular formula is C13H14BrN3O2S. The van der Waals surface area contributed by atoms with E-state index in [4.69, 9.17) is 5.73 Å². The fraction of sp³-hybridized carbons (Fsp3) is 0.154. The Morgan fingerprint density at radius 1 is 1.35 bits per heavy atom. The zero-order chi connectivity index (χ0) is 14.8. The number of sulfonamides is 1. The predicted octanol–water partition coefficient (Wildman–Crippen LogP) is 2.41. The number of nitrogens with zero attached hydrogens (tertiary/aromatic N) is 1. The second-order valence-corrected chi connectivity index (χ2v) is 6.77. The van der Waals surface area contributed by atoms with Gasteiger partial charge in [-0.25, -0.2) is 8.42 Å². The lowest BCUT2D eigenvalue weighted by atomic mass is 10.1. The van der Waals surface area contributed by atoms with Crippen LogP contribution in [0.4, 0.5) is 5.69 Å². The Labute approximate surface area is 126 Å². The molecular weight excluding hydrogens is 342 g/mol. The molecule has 0 aliphatic carbocycles. The lowest BCUT2D eigenvalue weighted by Crippen LogP contribution is -2.15. The molecule has 2 aromatic rings. The molecule has 1 heterocycles. The van der Waals surface area contributed by atoms with Gasteiger partial charge in [0.15, 0.2) is 0 Å². The quantitative estimate of drug-likeness (QED) is 0.881. The summed E-state index contributed by atoms with van der Waals surface area (Å²) < 4.78 is 28.0. The fourth-order valence-corrected chi connectivity index (χ4v) is 3.58. The zero-order valence-electron chi connectivity index (χ0n) is 10.8. The number of nitrogens with one attached hydrogen (secondary N) is 1. The summed E-state index contributed by atoms with van der Waals surface area (Å²) in [5.74, 6) is 0. The molecule has 0 spiro atoms. The molecule has 0 saturated carbocycles. The molecule has 0 atom stereocenters. The summed E-state index contributed by atoms with van der Waals surface area (Å²) in [5.41, 5.74) is 7.43. The molecule has 0 bridgehead atoms. The third kappa shape index (κ3) is 3.17. The number of anilines is 1. The summed E-state index contributed by atoms with van der Waals surface area (Å²) >= 11 is 3.26. The van der Waals surface area contributed by atoms with E-state index in [-0.39, 0.29) is 4.90 Å². The van der Waals surface area contributed by atoms with Gasteiger partial charge in [0.05, 0.1) is 15.1 Å². The summed E-state index contributed by atoms with van der Waals surface area (Å²) in [6, 6.07) is 6.74. The van der Waals surface area contributed by atoms with Crippen LogP contribution in [-0.2, 0) is 16.6 Å². The van der Waals surface area contributed by atoms with Gasteiger partial charge in [-0.3, -0.25) is 9.71 Å². The Hall–Kier alpha value is -1.44. The second-order valence-electron chi connectivity index (χ2n) is 4.26. The lowest BCUT2D eigenvalue weighted by Gasteiger charge is -2.12. The third-order valence-corrected chi connectivity index (χ3v) is 4.93. The van der Waals surface area contributed by atoms with Crippen molar-refractivity contribution in [1.82, 2.24) is 4.98 Å². The summed E-state index contributed by atoms with van der Waals surface area (Å²) in [4.78, 5) is 4.12. The van der Waals surface area contributed by atoms with E-state index in [0.717, 1.165) is 5.56 Å². The summed E-state index contributed by atoms with van der Waals surface area (Å²) in [7, 11) is -3.66. The summed E-state index contributed by atoms with van der Waals surface area (Å²) in [6.07, 6.45) is 3.05. The average molecular weight is 356 g/mol. The van der Waals surface area contributed by atoms with Crippen LogP contribution in [0.25, 0.3) is 0 Å². The fourth-order valence-electron chi connectivity index (χ4n) is 1.72. The van der Waals surface area contributed by atoms with Crippen LogP contribution in [0.3, 0.4) is 0 Å². The van der Waals surface area contributed by atoms with Gasteiger partial charge in [-0.1, -0.05) is 12.1 Å². The third-order valence-electron chi connectivity index (χ3n) is 2.79. The van der Waals surface area contributed by atoms with Gasteiger partial charge in [0, 0.05) is 18.9 Å². The average Bonchev–Trinajstić information content (AvgIpc) is 2.41. The van der Waals surface area contributed by atoms with Gasteiger partial charge in [0.2, 0.25) is 0 Å². The minimum atomic E-state index is -3.66. The van der Waals surface area contributed by atoms with Crippen molar-refractivity contribution >= 4 is 31.6 Å². The molecule has 3 N–H and O–H groups in total. The highest BCUT2D eigenvalue weighted by molar-refractivity contribution is 9.10. The van der Waals surface area contributed by atoms with Crippen LogP contribution >= 0.6 is 15.9 Å². The SMILES string of the molecule is Cc1ccc(CN)cc1S(=O)(=O)Nc1ccncc1Br. The number of pyridine rings is 1. The first kappa shape index (κ1) is 15.0. The smallest absolute Gasteiger partial charge is 0.262 e. The second kappa shape index (κ2) is 5.90. The van der Waals surface area contributed by atoms with E-state index in [2.05, 4.69) is 25.6 Å². The molecule has 1 aromatic heterocycles. The maximum Gasteiger partial charge on any atom is 0.262 e. The largest absolute Gasteiger partial charge is 0.326 e. The molecule has 20 heavy (non-hydrogen) atoms. The first-order chi connectivity index (χ1) is 9.44. The molecule has 2 rings (SSSR count). The maximum atomic E-state index is 12.4. The van der Waals surface area contributed by atoms with Crippen molar-refractivity contribution in [2.45, 2.75) is 18.4 Å². The van der Waals surface area contributed by atoms with Gasteiger partial charge in [-0.05, 0) is 46.1 Å². The van der Waals surface area contributed by atoms with E-state index in [1.807, 2.05) is 6.07 Å². The van der Waals surface area contributed by atoms with Crippen molar-refractivity contribution in [1.29, 1.82) is 0 Å². The Morgan fingerprint density at radius 3 is 2.75 bits per heavy atom. The molecule has 0 fully saturated rings. The Bertz CT molecular complexity index is 732. The monoisotopic (exact) mass is 355 g/mol. The summed E-state index contributed by atoms with van der Waals surface area (Å²) in [6.45, 7) is 2.04. The highest BCUT2D eigenvalue weighted by Crippen LogP contribution is 2.25.